The minimum Gasteiger partial charge on any atom is -0.353 e. The van der Waals surface area contributed by atoms with Crippen LogP contribution in [0.2, 0.25) is 0 Å². The molecule has 1 aliphatic carbocycles. The third-order valence-electron chi connectivity index (χ3n) is 3.78. The van der Waals surface area contributed by atoms with Crippen LogP contribution in [0.25, 0.3) is 0 Å². The average Bonchev–Trinajstić information content (AvgIpc) is 2.98. The lowest BCUT2D eigenvalue weighted by Gasteiger charge is -2.23. The molecule has 0 spiro atoms. The van der Waals surface area contributed by atoms with Gasteiger partial charge in [0.25, 0.3) is 0 Å². The molecule has 3 nitrogen and oxygen atoms in total. The molecule has 2 aromatic rings. The fraction of sp³-hybridized carbons (Fsp3) is 0.533. The van der Waals surface area contributed by atoms with Gasteiger partial charge in [-0.1, -0.05) is 19.3 Å². The van der Waals surface area contributed by atoms with E-state index in [1.807, 2.05) is 0 Å². The van der Waals surface area contributed by atoms with Crippen molar-refractivity contribution in [3.8, 4) is 0 Å². The highest BCUT2D eigenvalue weighted by atomic mass is 79.9. The third-order valence-corrected chi connectivity index (χ3v) is 5.47. The van der Waals surface area contributed by atoms with Gasteiger partial charge in [-0.3, -0.25) is 0 Å². The number of imidazole rings is 1. The van der Waals surface area contributed by atoms with Crippen molar-refractivity contribution in [2.75, 3.05) is 5.32 Å². The number of nitrogens with zero attached hydrogens (tertiary/aromatic N) is 2. The van der Waals surface area contributed by atoms with Crippen molar-refractivity contribution in [2.45, 2.75) is 51.6 Å². The maximum Gasteiger partial charge on any atom is 0.203 e. The van der Waals surface area contributed by atoms with Gasteiger partial charge in [-0.2, -0.15) is 0 Å². The summed E-state index contributed by atoms with van der Waals surface area (Å²) in [4.78, 5) is 6.00. The van der Waals surface area contributed by atoms with Crippen molar-refractivity contribution < 1.29 is 0 Å². The molecule has 2 aromatic heterocycles. The zero-order valence-electron chi connectivity index (χ0n) is 11.7. The first-order valence-electron chi connectivity index (χ1n) is 7.24. The highest BCUT2D eigenvalue weighted by Gasteiger charge is 2.16. The quantitative estimate of drug-likeness (QED) is 0.854. The van der Waals surface area contributed by atoms with Gasteiger partial charge in [-0.05, 0) is 41.8 Å². The van der Waals surface area contributed by atoms with Crippen LogP contribution in [0.5, 0.6) is 0 Å². The number of aromatic nitrogens is 2. The van der Waals surface area contributed by atoms with Crippen LogP contribution in [0, 0.1) is 6.92 Å². The van der Waals surface area contributed by atoms with Gasteiger partial charge >= 0.3 is 0 Å². The first kappa shape index (κ1) is 14.1. The number of anilines is 1. The van der Waals surface area contributed by atoms with Crippen molar-refractivity contribution in [3.63, 3.8) is 0 Å². The number of thiophene rings is 1. The Balaban J connectivity index is 1.73. The molecule has 5 heteroatoms. The summed E-state index contributed by atoms with van der Waals surface area (Å²) in [7, 11) is 0. The Labute approximate surface area is 132 Å². The highest BCUT2D eigenvalue weighted by molar-refractivity contribution is 9.10. The van der Waals surface area contributed by atoms with Crippen LogP contribution >= 0.6 is 27.3 Å². The summed E-state index contributed by atoms with van der Waals surface area (Å²) in [6, 6.07) is 2.78. The van der Waals surface area contributed by atoms with Gasteiger partial charge in [0.2, 0.25) is 5.95 Å². The molecule has 108 valence electrons. The van der Waals surface area contributed by atoms with Gasteiger partial charge in [0.05, 0.1) is 12.2 Å². The van der Waals surface area contributed by atoms with Gasteiger partial charge in [0.15, 0.2) is 0 Å². The topological polar surface area (TPSA) is 29.9 Å². The largest absolute Gasteiger partial charge is 0.353 e. The molecule has 3 rings (SSSR count). The molecular formula is C15H20BrN3S. The van der Waals surface area contributed by atoms with Gasteiger partial charge in [0.1, 0.15) is 0 Å². The van der Waals surface area contributed by atoms with Crippen molar-refractivity contribution >= 4 is 33.2 Å². The first-order chi connectivity index (χ1) is 9.70. The molecule has 0 aromatic carbocycles. The van der Waals surface area contributed by atoms with E-state index < -0.39 is 0 Å². The molecule has 0 unspecified atom stereocenters. The normalized spacial score (nSPS) is 16.5. The summed E-state index contributed by atoms with van der Waals surface area (Å²) >= 11 is 5.30. The molecule has 1 saturated carbocycles. The van der Waals surface area contributed by atoms with Gasteiger partial charge < -0.3 is 9.88 Å². The molecule has 0 radical (unpaired) electrons. The van der Waals surface area contributed by atoms with Crippen molar-refractivity contribution in [3.05, 3.63) is 32.7 Å². The second-order valence-electron chi connectivity index (χ2n) is 5.54. The molecule has 0 atom stereocenters. The number of hydrogen-bond donors (Lipinski definition) is 1. The summed E-state index contributed by atoms with van der Waals surface area (Å²) in [6.07, 6.45) is 8.75. The maximum absolute atomic E-state index is 4.65. The van der Waals surface area contributed by atoms with Crippen LogP contribution in [-0.4, -0.2) is 15.6 Å². The van der Waals surface area contributed by atoms with Gasteiger partial charge in [-0.15, -0.1) is 11.3 Å². The average molecular weight is 354 g/mol. The Bertz CT molecular complexity index is 569. The second kappa shape index (κ2) is 6.31. The van der Waals surface area contributed by atoms with Crippen LogP contribution in [0.1, 0.15) is 42.7 Å². The lowest BCUT2D eigenvalue weighted by molar-refractivity contribution is 0.459. The van der Waals surface area contributed by atoms with Crippen molar-refractivity contribution in [1.82, 2.24) is 9.55 Å². The Morgan fingerprint density at radius 3 is 2.90 bits per heavy atom. The maximum atomic E-state index is 4.65. The molecule has 0 amide bonds. The molecule has 0 bridgehead atoms. The minimum absolute atomic E-state index is 0.597. The molecular weight excluding hydrogens is 334 g/mol. The molecule has 1 fully saturated rings. The fourth-order valence-electron chi connectivity index (χ4n) is 2.82. The number of aryl methyl sites for hydroxylation is 1. The van der Waals surface area contributed by atoms with Crippen molar-refractivity contribution in [2.24, 2.45) is 0 Å². The summed E-state index contributed by atoms with van der Waals surface area (Å²) in [5, 5.41) is 5.77. The first-order valence-corrected chi connectivity index (χ1v) is 8.91. The smallest absolute Gasteiger partial charge is 0.203 e. The van der Waals surface area contributed by atoms with Crippen molar-refractivity contribution in [1.29, 1.82) is 0 Å². The predicted octanol–water partition coefficient (Wildman–Crippen LogP) is 4.81. The Morgan fingerprint density at radius 2 is 2.20 bits per heavy atom. The summed E-state index contributed by atoms with van der Waals surface area (Å²) in [5.41, 5.74) is 1.08. The van der Waals surface area contributed by atoms with E-state index in [2.05, 4.69) is 55.4 Å². The van der Waals surface area contributed by atoms with Crippen LogP contribution < -0.4 is 5.32 Å². The monoisotopic (exact) mass is 353 g/mol. The van der Waals surface area contributed by atoms with E-state index in [9.17, 15) is 0 Å². The third kappa shape index (κ3) is 3.44. The SMILES string of the molecule is Cc1cn(Cc2cc(Br)cs2)c(NC2CCCCC2)n1. The summed E-state index contributed by atoms with van der Waals surface area (Å²) in [6.45, 7) is 2.96. The van der Waals surface area contributed by atoms with Crippen LogP contribution in [-0.2, 0) is 6.54 Å². The predicted molar refractivity (Wildman–Crippen MR) is 88.6 cm³/mol. The Morgan fingerprint density at radius 1 is 1.40 bits per heavy atom. The molecule has 1 N–H and O–H groups in total. The molecule has 2 heterocycles. The second-order valence-corrected chi connectivity index (χ2v) is 7.46. The van der Waals surface area contributed by atoms with Crippen LogP contribution in [0.15, 0.2) is 22.1 Å². The number of halogens is 1. The van der Waals surface area contributed by atoms with E-state index >= 15 is 0 Å². The van der Waals surface area contributed by atoms with E-state index in [1.54, 1.807) is 11.3 Å². The zero-order chi connectivity index (χ0) is 13.9. The van der Waals surface area contributed by atoms with Gasteiger partial charge in [0, 0.05) is 27.0 Å². The highest BCUT2D eigenvalue weighted by Crippen LogP contribution is 2.24. The Hall–Kier alpha value is -0.810. The van der Waals surface area contributed by atoms with E-state index in [1.165, 1.54) is 37.0 Å². The summed E-state index contributed by atoms with van der Waals surface area (Å²) < 4.78 is 3.40. The fourth-order valence-corrected chi connectivity index (χ4v) is 4.27. The number of hydrogen-bond acceptors (Lipinski definition) is 3. The van der Waals surface area contributed by atoms with E-state index in [-0.39, 0.29) is 0 Å². The van der Waals surface area contributed by atoms with E-state index in [4.69, 9.17) is 0 Å². The number of nitrogens with one attached hydrogen (secondary N) is 1. The van der Waals surface area contributed by atoms with Crippen LogP contribution in [0.3, 0.4) is 0 Å². The standard InChI is InChI=1S/C15H20BrN3S/c1-11-8-19(9-14-7-12(16)10-20-14)15(17-11)18-13-5-3-2-4-6-13/h7-8,10,13H,2-6,9H2,1H3,(H,17,18). The number of rotatable bonds is 4. The molecule has 0 saturated heterocycles. The van der Waals surface area contributed by atoms with Crippen LogP contribution in [0.4, 0.5) is 5.95 Å². The van der Waals surface area contributed by atoms with E-state index in [0.717, 1.165) is 22.7 Å². The Kier molecular flexibility index (Phi) is 4.46. The molecule has 0 aliphatic heterocycles. The lowest BCUT2D eigenvalue weighted by atomic mass is 9.96. The molecule has 1 aliphatic rings. The minimum atomic E-state index is 0.597. The summed E-state index contributed by atoms with van der Waals surface area (Å²) in [5.74, 6) is 1.03. The van der Waals surface area contributed by atoms with Gasteiger partial charge in [-0.25, -0.2) is 4.98 Å². The zero-order valence-corrected chi connectivity index (χ0v) is 14.1. The van der Waals surface area contributed by atoms with E-state index in [0.29, 0.717) is 6.04 Å². The lowest BCUT2D eigenvalue weighted by Crippen LogP contribution is -2.24. The molecule has 20 heavy (non-hydrogen) atoms.